The van der Waals surface area contributed by atoms with Crippen molar-refractivity contribution in [2.24, 2.45) is 0 Å². The van der Waals surface area contributed by atoms with Crippen molar-refractivity contribution in [2.75, 3.05) is 19.1 Å². The first-order valence-electron chi connectivity index (χ1n) is 5.62. The Kier molecular flexibility index (Phi) is 3.71. The third kappa shape index (κ3) is 2.53. The number of carboxylic acid groups (broad SMARTS) is 1. The van der Waals surface area contributed by atoms with Crippen molar-refractivity contribution in [3.8, 4) is 5.75 Å². The molecule has 6 heteroatoms. The first kappa shape index (κ1) is 13.4. The normalized spacial score (nSPS) is 10.3. The second-order valence-corrected chi connectivity index (χ2v) is 5.12. The van der Waals surface area contributed by atoms with Gasteiger partial charge in [0.2, 0.25) is 0 Å². The summed E-state index contributed by atoms with van der Waals surface area (Å²) in [5, 5.41) is 9.66. The number of aromatic nitrogens is 1. The summed E-state index contributed by atoms with van der Waals surface area (Å²) >= 11 is 1.34. The van der Waals surface area contributed by atoms with Crippen LogP contribution < -0.4 is 9.64 Å². The van der Waals surface area contributed by atoms with E-state index in [0.717, 1.165) is 11.4 Å². The lowest BCUT2D eigenvalue weighted by Gasteiger charge is -2.18. The highest BCUT2D eigenvalue weighted by Crippen LogP contribution is 2.35. The summed E-state index contributed by atoms with van der Waals surface area (Å²) in [5.74, 6) is -0.289. The molecule has 1 aromatic carbocycles. The van der Waals surface area contributed by atoms with Crippen LogP contribution in [0.1, 0.15) is 15.4 Å². The molecule has 0 amide bonds. The van der Waals surface area contributed by atoms with E-state index in [0.29, 0.717) is 10.0 Å². The van der Waals surface area contributed by atoms with E-state index in [9.17, 15) is 4.79 Å². The first-order valence-corrected chi connectivity index (χ1v) is 6.43. The Morgan fingerprint density at radius 1 is 1.42 bits per heavy atom. The predicted molar refractivity (Wildman–Crippen MR) is 74.9 cm³/mol. The summed E-state index contributed by atoms with van der Waals surface area (Å²) in [4.78, 5) is 17.7. The number of hydrogen-bond donors (Lipinski definition) is 1. The maximum Gasteiger partial charge on any atom is 0.355 e. The number of nitrogens with zero attached hydrogens (tertiary/aromatic N) is 2. The van der Waals surface area contributed by atoms with Crippen LogP contribution >= 0.6 is 11.3 Å². The second kappa shape index (κ2) is 5.27. The number of carbonyl (C=O) groups is 1. The Hall–Kier alpha value is -2.08. The molecule has 0 radical (unpaired) electrons. The molecule has 0 aliphatic heterocycles. The number of aryl methyl sites for hydroxylation is 1. The van der Waals surface area contributed by atoms with Crippen molar-refractivity contribution >= 4 is 28.1 Å². The van der Waals surface area contributed by atoms with Crippen LogP contribution in [0.25, 0.3) is 0 Å². The van der Waals surface area contributed by atoms with Gasteiger partial charge in [0, 0.05) is 11.9 Å². The summed E-state index contributed by atoms with van der Waals surface area (Å²) in [5.41, 5.74) is 0.942. The van der Waals surface area contributed by atoms with E-state index in [2.05, 4.69) is 4.98 Å². The summed E-state index contributed by atoms with van der Waals surface area (Å²) in [7, 11) is 3.43. The van der Waals surface area contributed by atoms with E-state index in [1.165, 1.54) is 11.3 Å². The van der Waals surface area contributed by atoms with E-state index in [4.69, 9.17) is 9.84 Å². The van der Waals surface area contributed by atoms with Crippen LogP contribution in [0.4, 0.5) is 10.8 Å². The molecule has 0 unspecified atom stereocenters. The van der Waals surface area contributed by atoms with Gasteiger partial charge < -0.3 is 14.7 Å². The molecular weight excluding hydrogens is 264 g/mol. The third-order valence-electron chi connectivity index (χ3n) is 2.72. The van der Waals surface area contributed by atoms with E-state index in [-0.39, 0.29) is 5.69 Å². The number of anilines is 2. The molecule has 0 bridgehead atoms. The molecule has 19 heavy (non-hydrogen) atoms. The van der Waals surface area contributed by atoms with Gasteiger partial charge in [-0.25, -0.2) is 9.78 Å². The Balaban J connectivity index is 2.41. The highest BCUT2D eigenvalue weighted by Gasteiger charge is 2.18. The standard InChI is InChI=1S/C13H14N2O3S/c1-8-11(12(16)17)14-13(19-8)15(2)9-6-4-5-7-10(9)18-3/h4-7H,1-3H3,(H,16,17). The fourth-order valence-corrected chi connectivity index (χ4v) is 2.61. The fourth-order valence-electron chi connectivity index (χ4n) is 1.73. The van der Waals surface area contributed by atoms with Crippen molar-refractivity contribution in [3.63, 3.8) is 0 Å². The van der Waals surface area contributed by atoms with E-state index in [1.54, 1.807) is 14.0 Å². The number of thiazole rings is 1. The summed E-state index contributed by atoms with van der Waals surface area (Å²) in [6.45, 7) is 1.75. The maximum atomic E-state index is 11.0. The van der Waals surface area contributed by atoms with Crippen molar-refractivity contribution < 1.29 is 14.6 Å². The Morgan fingerprint density at radius 2 is 2.11 bits per heavy atom. The molecule has 0 saturated heterocycles. The molecule has 0 aliphatic rings. The highest BCUT2D eigenvalue weighted by molar-refractivity contribution is 7.15. The first-order chi connectivity index (χ1) is 9.04. The molecule has 0 saturated carbocycles. The van der Waals surface area contributed by atoms with Gasteiger partial charge in [-0.05, 0) is 19.1 Å². The largest absolute Gasteiger partial charge is 0.495 e. The third-order valence-corrected chi connectivity index (χ3v) is 3.77. The summed E-state index contributed by atoms with van der Waals surface area (Å²) < 4.78 is 5.29. The molecule has 1 N–H and O–H groups in total. The van der Waals surface area contributed by atoms with Crippen LogP contribution in [0.15, 0.2) is 24.3 Å². The molecule has 5 nitrogen and oxygen atoms in total. The lowest BCUT2D eigenvalue weighted by Crippen LogP contribution is -2.11. The number of benzene rings is 1. The minimum absolute atomic E-state index is 0.0988. The van der Waals surface area contributed by atoms with Gasteiger partial charge >= 0.3 is 5.97 Å². The van der Waals surface area contributed by atoms with Crippen LogP contribution in [-0.4, -0.2) is 30.2 Å². The van der Waals surface area contributed by atoms with Crippen molar-refractivity contribution in [1.82, 2.24) is 4.98 Å². The van der Waals surface area contributed by atoms with Crippen LogP contribution in [-0.2, 0) is 0 Å². The maximum absolute atomic E-state index is 11.0. The molecule has 0 fully saturated rings. The smallest absolute Gasteiger partial charge is 0.355 e. The molecule has 100 valence electrons. The highest BCUT2D eigenvalue weighted by atomic mass is 32.1. The van der Waals surface area contributed by atoms with Gasteiger partial charge in [0.1, 0.15) is 5.75 Å². The Bertz CT molecular complexity index is 610. The van der Waals surface area contributed by atoms with Crippen LogP contribution in [0.3, 0.4) is 0 Å². The number of carboxylic acids is 1. The number of rotatable bonds is 4. The van der Waals surface area contributed by atoms with Crippen LogP contribution in [0.5, 0.6) is 5.75 Å². The number of ether oxygens (including phenoxy) is 1. The SMILES string of the molecule is COc1ccccc1N(C)c1nc(C(=O)O)c(C)s1. The minimum atomic E-state index is -1.01. The molecule has 0 atom stereocenters. The number of para-hydroxylation sites is 2. The summed E-state index contributed by atoms with van der Waals surface area (Å²) in [6.07, 6.45) is 0. The quantitative estimate of drug-likeness (QED) is 0.931. The zero-order valence-electron chi connectivity index (χ0n) is 10.9. The molecule has 2 aromatic rings. The lowest BCUT2D eigenvalue weighted by molar-refractivity contribution is 0.0690. The predicted octanol–water partition coefficient (Wildman–Crippen LogP) is 2.93. The van der Waals surface area contributed by atoms with Crippen molar-refractivity contribution in [1.29, 1.82) is 0 Å². The number of methoxy groups -OCH3 is 1. The monoisotopic (exact) mass is 278 g/mol. The second-order valence-electron chi connectivity index (χ2n) is 3.94. The van der Waals surface area contributed by atoms with Crippen LogP contribution in [0, 0.1) is 6.92 Å². The Morgan fingerprint density at radius 3 is 2.68 bits per heavy atom. The van der Waals surface area contributed by atoms with Crippen LogP contribution in [0.2, 0.25) is 0 Å². The molecule has 1 heterocycles. The van der Waals surface area contributed by atoms with Crippen molar-refractivity contribution in [2.45, 2.75) is 6.92 Å². The average Bonchev–Trinajstić information content (AvgIpc) is 2.80. The molecule has 2 rings (SSSR count). The van der Waals surface area contributed by atoms with E-state index in [1.807, 2.05) is 36.2 Å². The van der Waals surface area contributed by atoms with Crippen molar-refractivity contribution in [3.05, 3.63) is 34.8 Å². The Labute approximate surface area is 115 Å². The topological polar surface area (TPSA) is 62.7 Å². The fraction of sp³-hybridized carbons (Fsp3) is 0.231. The summed E-state index contributed by atoms with van der Waals surface area (Å²) in [6, 6.07) is 7.53. The molecule has 0 aliphatic carbocycles. The van der Waals surface area contributed by atoms with Gasteiger partial charge in [0.25, 0.3) is 0 Å². The molecular formula is C13H14N2O3S. The van der Waals surface area contributed by atoms with Gasteiger partial charge in [-0.15, -0.1) is 11.3 Å². The van der Waals surface area contributed by atoms with Gasteiger partial charge in [0.05, 0.1) is 12.8 Å². The lowest BCUT2D eigenvalue weighted by atomic mass is 10.3. The van der Waals surface area contributed by atoms with E-state index >= 15 is 0 Å². The zero-order valence-corrected chi connectivity index (χ0v) is 11.7. The zero-order chi connectivity index (χ0) is 14.0. The van der Waals surface area contributed by atoms with Gasteiger partial charge in [0.15, 0.2) is 10.8 Å². The van der Waals surface area contributed by atoms with Gasteiger partial charge in [-0.1, -0.05) is 12.1 Å². The molecule has 0 spiro atoms. The average molecular weight is 278 g/mol. The van der Waals surface area contributed by atoms with Gasteiger partial charge in [-0.3, -0.25) is 0 Å². The van der Waals surface area contributed by atoms with E-state index < -0.39 is 5.97 Å². The van der Waals surface area contributed by atoms with Gasteiger partial charge in [-0.2, -0.15) is 0 Å². The molecule has 1 aromatic heterocycles. The minimum Gasteiger partial charge on any atom is -0.495 e. The number of hydrogen-bond acceptors (Lipinski definition) is 5. The number of aromatic carboxylic acids is 1.